The first-order valence-corrected chi connectivity index (χ1v) is 7.98. The molecular formula is C17H26ClN3O3. The number of methoxy groups -OCH3 is 1. The van der Waals surface area contributed by atoms with Gasteiger partial charge in [-0.15, -0.1) is 12.4 Å². The van der Waals surface area contributed by atoms with Crippen molar-refractivity contribution in [2.75, 3.05) is 33.4 Å². The summed E-state index contributed by atoms with van der Waals surface area (Å²) in [5.41, 5.74) is 6.41. The molecule has 1 heterocycles. The Hall–Kier alpha value is -1.63. The Bertz CT molecular complexity index is 519. The van der Waals surface area contributed by atoms with E-state index in [0.717, 1.165) is 31.5 Å². The molecule has 134 valence electrons. The van der Waals surface area contributed by atoms with Gasteiger partial charge >= 0.3 is 0 Å². The number of hydrogen-bond acceptors (Lipinski definition) is 4. The summed E-state index contributed by atoms with van der Waals surface area (Å²) >= 11 is 0. The number of likely N-dealkylation sites (tertiary alicyclic amines) is 1. The van der Waals surface area contributed by atoms with Crippen LogP contribution in [0.4, 0.5) is 0 Å². The predicted molar refractivity (Wildman–Crippen MR) is 95.2 cm³/mol. The maximum atomic E-state index is 12.4. The molecule has 0 aromatic heterocycles. The van der Waals surface area contributed by atoms with Crippen molar-refractivity contribution < 1.29 is 14.3 Å². The van der Waals surface area contributed by atoms with Crippen LogP contribution < -0.4 is 11.1 Å². The van der Waals surface area contributed by atoms with Crippen LogP contribution in [-0.2, 0) is 9.53 Å². The summed E-state index contributed by atoms with van der Waals surface area (Å²) in [5, 5.41) is 2.87. The van der Waals surface area contributed by atoms with Gasteiger partial charge in [0.25, 0.3) is 5.91 Å². The molecular weight excluding hydrogens is 330 g/mol. The van der Waals surface area contributed by atoms with E-state index in [-0.39, 0.29) is 30.8 Å². The predicted octanol–water partition coefficient (Wildman–Crippen LogP) is 1.05. The number of ether oxygens (including phenoxy) is 1. The average Bonchev–Trinajstić information content (AvgIpc) is 2.60. The molecule has 7 heteroatoms. The van der Waals surface area contributed by atoms with Crippen molar-refractivity contribution in [3.8, 4) is 0 Å². The molecule has 2 rings (SSSR count). The van der Waals surface area contributed by atoms with E-state index in [0.29, 0.717) is 12.5 Å². The van der Waals surface area contributed by atoms with Crippen molar-refractivity contribution in [3.63, 3.8) is 0 Å². The molecule has 1 unspecified atom stereocenters. The maximum Gasteiger partial charge on any atom is 0.253 e. The first kappa shape index (κ1) is 20.4. The minimum Gasteiger partial charge on any atom is -0.383 e. The summed E-state index contributed by atoms with van der Waals surface area (Å²) in [6.45, 7) is 2.26. The van der Waals surface area contributed by atoms with Crippen LogP contribution in [0.15, 0.2) is 30.3 Å². The highest BCUT2D eigenvalue weighted by Crippen LogP contribution is 2.18. The topological polar surface area (TPSA) is 84.7 Å². The highest BCUT2D eigenvalue weighted by molar-refractivity contribution is 5.94. The molecule has 1 fully saturated rings. The molecule has 2 amide bonds. The zero-order valence-electron chi connectivity index (χ0n) is 13.9. The van der Waals surface area contributed by atoms with Crippen molar-refractivity contribution in [1.82, 2.24) is 10.2 Å². The zero-order chi connectivity index (χ0) is 16.7. The van der Waals surface area contributed by atoms with Gasteiger partial charge in [0, 0.05) is 32.3 Å². The van der Waals surface area contributed by atoms with E-state index in [2.05, 4.69) is 5.32 Å². The van der Waals surface area contributed by atoms with Gasteiger partial charge in [0.05, 0.1) is 6.61 Å². The number of halogens is 1. The third-order valence-electron chi connectivity index (χ3n) is 4.17. The van der Waals surface area contributed by atoms with E-state index in [1.807, 2.05) is 35.2 Å². The Morgan fingerprint density at radius 2 is 1.92 bits per heavy atom. The number of benzene rings is 1. The molecule has 1 atom stereocenters. The fourth-order valence-electron chi connectivity index (χ4n) is 2.73. The Balaban J connectivity index is 0.00000288. The number of hydrogen-bond donors (Lipinski definition) is 2. The van der Waals surface area contributed by atoms with Crippen molar-refractivity contribution in [2.24, 2.45) is 11.7 Å². The molecule has 0 aliphatic carbocycles. The molecule has 24 heavy (non-hydrogen) atoms. The van der Waals surface area contributed by atoms with Crippen LogP contribution in [0.25, 0.3) is 0 Å². The van der Waals surface area contributed by atoms with Gasteiger partial charge in [0.2, 0.25) is 5.91 Å². The van der Waals surface area contributed by atoms with Gasteiger partial charge in [-0.05, 0) is 30.9 Å². The van der Waals surface area contributed by atoms with Crippen LogP contribution in [-0.4, -0.2) is 56.1 Å². The van der Waals surface area contributed by atoms with E-state index in [9.17, 15) is 9.59 Å². The largest absolute Gasteiger partial charge is 0.383 e. The number of amides is 2. The lowest BCUT2D eigenvalue weighted by atomic mass is 9.96. The monoisotopic (exact) mass is 355 g/mol. The first-order chi connectivity index (χ1) is 11.1. The molecule has 1 aromatic carbocycles. The number of nitrogens with one attached hydrogen (secondary N) is 1. The Kier molecular flexibility index (Phi) is 8.74. The summed E-state index contributed by atoms with van der Waals surface area (Å²) in [5.74, 6) is 0.276. The molecule has 1 aliphatic heterocycles. The number of nitrogens with two attached hydrogens (primary N) is 1. The normalized spacial score (nSPS) is 16.2. The summed E-state index contributed by atoms with van der Waals surface area (Å²) in [4.78, 5) is 26.0. The number of nitrogens with zero attached hydrogens (tertiary/aromatic N) is 1. The molecule has 6 nitrogen and oxygen atoms in total. The number of rotatable bonds is 6. The van der Waals surface area contributed by atoms with Crippen LogP contribution in [0, 0.1) is 5.92 Å². The molecule has 1 aliphatic rings. The lowest BCUT2D eigenvalue weighted by molar-refractivity contribution is -0.123. The van der Waals surface area contributed by atoms with Crippen LogP contribution >= 0.6 is 12.4 Å². The van der Waals surface area contributed by atoms with Crippen LogP contribution in [0.5, 0.6) is 0 Å². The average molecular weight is 356 g/mol. The first-order valence-electron chi connectivity index (χ1n) is 7.98. The fraction of sp³-hybridized carbons (Fsp3) is 0.529. The van der Waals surface area contributed by atoms with Gasteiger partial charge in [-0.3, -0.25) is 9.59 Å². The lowest BCUT2D eigenvalue weighted by Gasteiger charge is -2.32. The highest BCUT2D eigenvalue weighted by atomic mass is 35.5. The second-order valence-electron chi connectivity index (χ2n) is 5.91. The molecule has 0 bridgehead atoms. The van der Waals surface area contributed by atoms with E-state index in [1.54, 1.807) is 0 Å². The third kappa shape index (κ3) is 5.78. The van der Waals surface area contributed by atoms with Crippen LogP contribution in [0.3, 0.4) is 0 Å². The summed E-state index contributed by atoms with van der Waals surface area (Å²) < 4.78 is 4.87. The minimum absolute atomic E-state index is 0. The third-order valence-corrected chi connectivity index (χ3v) is 4.17. The second-order valence-corrected chi connectivity index (χ2v) is 5.91. The Morgan fingerprint density at radius 1 is 1.29 bits per heavy atom. The number of piperidine rings is 1. The van der Waals surface area contributed by atoms with Crippen molar-refractivity contribution in [2.45, 2.75) is 18.9 Å². The van der Waals surface area contributed by atoms with E-state index in [4.69, 9.17) is 10.5 Å². The molecule has 0 radical (unpaired) electrons. The molecule has 0 saturated carbocycles. The van der Waals surface area contributed by atoms with Gasteiger partial charge in [-0.1, -0.05) is 18.2 Å². The second kappa shape index (κ2) is 10.3. The van der Waals surface area contributed by atoms with E-state index >= 15 is 0 Å². The molecule has 1 saturated heterocycles. The fourth-order valence-corrected chi connectivity index (χ4v) is 2.73. The lowest BCUT2D eigenvalue weighted by Crippen LogP contribution is -2.46. The van der Waals surface area contributed by atoms with Crippen molar-refractivity contribution in [1.29, 1.82) is 0 Å². The van der Waals surface area contributed by atoms with Gasteiger partial charge < -0.3 is 20.7 Å². The molecule has 3 N–H and O–H groups in total. The van der Waals surface area contributed by atoms with E-state index in [1.165, 1.54) is 7.11 Å². The standard InChI is InChI=1S/C17H25N3O3.ClH/c1-23-12-15(18)16(21)19-11-13-7-9-20(10-8-13)17(22)14-5-3-2-4-6-14;/h2-6,13,15H,7-12,18H2,1H3,(H,19,21);1H. The summed E-state index contributed by atoms with van der Waals surface area (Å²) in [7, 11) is 1.52. The quantitative estimate of drug-likeness (QED) is 0.798. The highest BCUT2D eigenvalue weighted by Gasteiger charge is 2.24. The van der Waals surface area contributed by atoms with Gasteiger partial charge in [-0.2, -0.15) is 0 Å². The van der Waals surface area contributed by atoms with Crippen LogP contribution in [0.2, 0.25) is 0 Å². The zero-order valence-corrected chi connectivity index (χ0v) is 14.8. The maximum absolute atomic E-state index is 12.4. The van der Waals surface area contributed by atoms with Gasteiger partial charge in [0.15, 0.2) is 0 Å². The summed E-state index contributed by atoms with van der Waals surface area (Å²) in [6.07, 6.45) is 1.77. The Labute approximate surface area is 149 Å². The van der Waals surface area contributed by atoms with E-state index < -0.39 is 6.04 Å². The van der Waals surface area contributed by atoms with Gasteiger partial charge in [0.1, 0.15) is 6.04 Å². The number of carbonyl (C=O) groups excluding carboxylic acids is 2. The van der Waals surface area contributed by atoms with Crippen molar-refractivity contribution in [3.05, 3.63) is 35.9 Å². The van der Waals surface area contributed by atoms with Crippen molar-refractivity contribution >= 4 is 24.2 Å². The minimum atomic E-state index is -0.625. The number of carbonyl (C=O) groups is 2. The molecule has 0 spiro atoms. The SMILES string of the molecule is COCC(N)C(=O)NCC1CCN(C(=O)c2ccccc2)CC1.Cl. The van der Waals surface area contributed by atoms with Gasteiger partial charge in [-0.25, -0.2) is 0 Å². The summed E-state index contributed by atoms with van der Waals surface area (Å²) in [6, 6.07) is 8.70. The smallest absolute Gasteiger partial charge is 0.253 e. The Morgan fingerprint density at radius 3 is 2.50 bits per heavy atom. The van der Waals surface area contributed by atoms with Crippen LogP contribution in [0.1, 0.15) is 23.2 Å². The molecule has 1 aromatic rings.